The molecule has 122 valence electrons. The number of hydrogen-bond acceptors (Lipinski definition) is 5. The number of carboxylic acids is 1. The molecule has 0 saturated carbocycles. The number of aromatic amines is 2. The average molecular weight is 332 g/mol. The Bertz CT molecular complexity index is 1000. The van der Waals surface area contributed by atoms with E-state index in [2.05, 4.69) is 30.8 Å². The van der Waals surface area contributed by atoms with Crippen LogP contribution in [0.2, 0.25) is 0 Å². The van der Waals surface area contributed by atoms with E-state index in [9.17, 15) is 4.79 Å². The number of nitrogens with one attached hydrogen (secondary N) is 2. The van der Waals surface area contributed by atoms with Gasteiger partial charge in [0.15, 0.2) is 5.69 Å². The fourth-order valence-corrected chi connectivity index (χ4v) is 2.58. The molecule has 0 spiro atoms. The third-order valence-electron chi connectivity index (χ3n) is 3.84. The van der Waals surface area contributed by atoms with Crippen LogP contribution in [0.1, 0.15) is 10.5 Å². The number of hydrogen-bond donors (Lipinski definition) is 3. The first-order chi connectivity index (χ1) is 12.2. The molecular weight excluding hydrogens is 320 g/mol. The summed E-state index contributed by atoms with van der Waals surface area (Å²) in [6.45, 7) is 0. The third kappa shape index (κ3) is 2.76. The minimum Gasteiger partial charge on any atom is -0.476 e. The highest BCUT2D eigenvalue weighted by Crippen LogP contribution is 2.26. The van der Waals surface area contributed by atoms with Crippen molar-refractivity contribution in [1.82, 2.24) is 30.8 Å². The first-order valence-corrected chi connectivity index (χ1v) is 7.43. The van der Waals surface area contributed by atoms with Gasteiger partial charge in [0.25, 0.3) is 0 Å². The van der Waals surface area contributed by atoms with E-state index in [0.29, 0.717) is 11.3 Å². The number of carboxylic acid groups (broad SMARTS) is 1. The van der Waals surface area contributed by atoms with E-state index < -0.39 is 5.97 Å². The highest BCUT2D eigenvalue weighted by Gasteiger charge is 2.16. The third-order valence-corrected chi connectivity index (χ3v) is 3.84. The SMILES string of the molecule is O=C(O)c1n[nH]nc1-c1ccc(-c2ccc(-c3cn[nH]n3)cc2)cc1. The van der Waals surface area contributed by atoms with Crippen LogP contribution in [0, 0.1) is 0 Å². The summed E-state index contributed by atoms with van der Waals surface area (Å²) in [7, 11) is 0. The number of aromatic nitrogens is 6. The number of aromatic carboxylic acids is 1. The van der Waals surface area contributed by atoms with Crippen LogP contribution in [0.15, 0.2) is 54.7 Å². The van der Waals surface area contributed by atoms with E-state index in [1.54, 1.807) is 6.20 Å². The molecule has 0 amide bonds. The smallest absolute Gasteiger partial charge is 0.358 e. The standard InChI is InChI=1S/C17H12N6O2/c24-17(25)16-15(20-23-21-16)13-7-3-11(4-8-13)10-1-5-12(6-2-10)14-9-18-22-19-14/h1-9H,(H,24,25)(H,18,19,22)(H,20,21,23). The normalized spacial score (nSPS) is 10.7. The van der Waals surface area contributed by atoms with Gasteiger partial charge in [-0.15, -0.1) is 5.10 Å². The molecular formula is C17H12N6O2. The molecule has 0 unspecified atom stereocenters. The molecule has 0 atom stereocenters. The largest absolute Gasteiger partial charge is 0.476 e. The second kappa shape index (κ2) is 6.00. The molecule has 8 nitrogen and oxygen atoms in total. The Morgan fingerprint density at radius 3 is 1.92 bits per heavy atom. The molecule has 2 aromatic heterocycles. The summed E-state index contributed by atoms with van der Waals surface area (Å²) in [6, 6.07) is 15.4. The van der Waals surface area contributed by atoms with E-state index in [-0.39, 0.29) is 5.69 Å². The van der Waals surface area contributed by atoms with E-state index in [1.165, 1.54) is 0 Å². The molecule has 8 heteroatoms. The number of carbonyl (C=O) groups is 1. The molecule has 4 aromatic rings. The van der Waals surface area contributed by atoms with Gasteiger partial charge >= 0.3 is 5.97 Å². The quantitative estimate of drug-likeness (QED) is 0.528. The Labute approximate surface area is 141 Å². The molecule has 2 heterocycles. The number of rotatable bonds is 4. The zero-order chi connectivity index (χ0) is 17.2. The van der Waals surface area contributed by atoms with Crippen molar-refractivity contribution in [3.63, 3.8) is 0 Å². The fraction of sp³-hybridized carbons (Fsp3) is 0. The van der Waals surface area contributed by atoms with Crippen LogP contribution in [0.4, 0.5) is 0 Å². The monoisotopic (exact) mass is 332 g/mol. The lowest BCUT2D eigenvalue weighted by Crippen LogP contribution is -1.99. The predicted octanol–water partition coefficient (Wildman–Crippen LogP) is 2.62. The van der Waals surface area contributed by atoms with Gasteiger partial charge in [-0.1, -0.05) is 48.5 Å². The minimum atomic E-state index is -1.11. The van der Waals surface area contributed by atoms with Gasteiger partial charge in [-0.3, -0.25) is 0 Å². The number of benzene rings is 2. The summed E-state index contributed by atoms with van der Waals surface area (Å²) in [5.41, 5.74) is 4.73. The average Bonchev–Trinajstić information content (AvgIpc) is 3.34. The maximum atomic E-state index is 11.1. The van der Waals surface area contributed by atoms with Gasteiger partial charge in [0.2, 0.25) is 0 Å². The van der Waals surface area contributed by atoms with Crippen molar-refractivity contribution < 1.29 is 9.90 Å². The van der Waals surface area contributed by atoms with Crippen molar-refractivity contribution in [2.45, 2.75) is 0 Å². The topological polar surface area (TPSA) is 120 Å². The minimum absolute atomic E-state index is 0.0929. The highest BCUT2D eigenvalue weighted by molar-refractivity contribution is 5.92. The van der Waals surface area contributed by atoms with Gasteiger partial charge in [0, 0.05) is 11.1 Å². The molecule has 0 aliphatic carbocycles. The Balaban J connectivity index is 1.62. The van der Waals surface area contributed by atoms with E-state index in [1.807, 2.05) is 48.5 Å². The van der Waals surface area contributed by atoms with Gasteiger partial charge in [-0.25, -0.2) is 4.79 Å². The van der Waals surface area contributed by atoms with Gasteiger partial charge < -0.3 is 5.11 Å². The molecule has 4 rings (SSSR count). The first kappa shape index (κ1) is 14.8. The second-order valence-electron chi connectivity index (χ2n) is 5.34. The molecule has 0 radical (unpaired) electrons. The lowest BCUT2D eigenvalue weighted by Gasteiger charge is -2.04. The van der Waals surface area contributed by atoms with Crippen molar-refractivity contribution in [3.8, 4) is 33.6 Å². The molecule has 25 heavy (non-hydrogen) atoms. The van der Waals surface area contributed by atoms with Crippen molar-refractivity contribution in [3.05, 3.63) is 60.4 Å². The summed E-state index contributed by atoms with van der Waals surface area (Å²) >= 11 is 0. The summed E-state index contributed by atoms with van der Waals surface area (Å²) in [4.78, 5) is 11.1. The van der Waals surface area contributed by atoms with Crippen LogP contribution < -0.4 is 0 Å². The summed E-state index contributed by atoms with van der Waals surface area (Å²) < 4.78 is 0. The molecule has 0 bridgehead atoms. The van der Waals surface area contributed by atoms with Crippen LogP contribution in [0.3, 0.4) is 0 Å². The van der Waals surface area contributed by atoms with Gasteiger partial charge in [0.05, 0.1) is 6.20 Å². The van der Waals surface area contributed by atoms with Crippen LogP contribution in [0.25, 0.3) is 33.6 Å². The van der Waals surface area contributed by atoms with Gasteiger partial charge in [-0.05, 0) is 11.1 Å². The summed E-state index contributed by atoms with van der Waals surface area (Å²) in [6.07, 6.45) is 1.67. The van der Waals surface area contributed by atoms with E-state index in [0.717, 1.165) is 22.4 Å². The Kier molecular flexibility index (Phi) is 3.55. The number of H-pyrrole nitrogens is 2. The first-order valence-electron chi connectivity index (χ1n) is 7.43. The van der Waals surface area contributed by atoms with Gasteiger partial charge in [-0.2, -0.15) is 25.7 Å². The molecule has 2 aromatic carbocycles. The summed E-state index contributed by atoms with van der Waals surface area (Å²) in [5, 5.41) is 29.5. The molecule has 3 N–H and O–H groups in total. The van der Waals surface area contributed by atoms with E-state index >= 15 is 0 Å². The summed E-state index contributed by atoms with van der Waals surface area (Å²) in [5.74, 6) is -1.11. The maximum absolute atomic E-state index is 11.1. The van der Waals surface area contributed by atoms with Crippen molar-refractivity contribution in [2.75, 3.05) is 0 Å². The van der Waals surface area contributed by atoms with Gasteiger partial charge in [0.1, 0.15) is 11.4 Å². The lowest BCUT2D eigenvalue weighted by atomic mass is 10.0. The van der Waals surface area contributed by atoms with Crippen LogP contribution in [0.5, 0.6) is 0 Å². The van der Waals surface area contributed by atoms with Crippen molar-refractivity contribution in [1.29, 1.82) is 0 Å². The maximum Gasteiger partial charge on any atom is 0.358 e. The van der Waals surface area contributed by atoms with E-state index in [4.69, 9.17) is 5.11 Å². The molecule has 0 aliphatic heterocycles. The molecule has 0 fully saturated rings. The van der Waals surface area contributed by atoms with Crippen molar-refractivity contribution >= 4 is 5.97 Å². The second-order valence-corrected chi connectivity index (χ2v) is 5.34. The van der Waals surface area contributed by atoms with Crippen LogP contribution in [-0.2, 0) is 0 Å². The fourth-order valence-electron chi connectivity index (χ4n) is 2.58. The Morgan fingerprint density at radius 1 is 0.760 bits per heavy atom. The van der Waals surface area contributed by atoms with Crippen molar-refractivity contribution in [2.24, 2.45) is 0 Å². The Hall–Kier alpha value is -3.81. The van der Waals surface area contributed by atoms with Crippen LogP contribution >= 0.6 is 0 Å². The predicted molar refractivity (Wildman–Crippen MR) is 89.6 cm³/mol. The molecule has 0 saturated heterocycles. The lowest BCUT2D eigenvalue weighted by molar-refractivity contribution is 0.0691. The highest BCUT2D eigenvalue weighted by atomic mass is 16.4. The zero-order valence-corrected chi connectivity index (χ0v) is 12.8. The Morgan fingerprint density at radius 2 is 1.36 bits per heavy atom. The van der Waals surface area contributed by atoms with Crippen LogP contribution in [-0.4, -0.2) is 41.9 Å². The zero-order valence-electron chi connectivity index (χ0n) is 12.8. The number of nitrogens with zero attached hydrogens (tertiary/aromatic N) is 4. The molecule has 0 aliphatic rings.